The van der Waals surface area contributed by atoms with Gasteiger partial charge < -0.3 is 4.74 Å². The van der Waals surface area contributed by atoms with Crippen LogP contribution in [0.5, 0.6) is 5.75 Å². The molecule has 32 heavy (non-hydrogen) atoms. The summed E-state index contributed by atoms with van der Waals surface area (Å²) >= 11 is 7.80. The molecule has 0 saturated carbocycles. The zero-order chi connectivity index (χ0) is 23.7. The van der Waals surface area contributed by atoms with Crippen LogP contribution < -0.4 is 4.74 Å². The lowest BCUT2D eigenvalue weighted by molar-refractivity contribution is -0.123. The summed E-state index contributed by atoms with van der Waals surface area (Å²) in [6.07, 6.45) is 0. The van der Waals surface area contributed by atoms with E-state index in [1.165, 1.54) is 17.3 Å². The van der Waals surface area contributed by atoms with Gasteiger partial charge in [0.05, 0.1) is 23.6 Å². The number of ether oxygens (including phenoxy) is 1. The largest absolute Gasteiger partial charge is 0.495 e. The number of carbonyl (C=O) groups is 1. The van der Waals surface area contributed by atoms with Crippen molar-refractivity contribution in [1.82, 2.24) is 14.8 Å². The number of rotatable bonds is 6. The number of methoxy groups -OCH3 is 1. The minimum absolute atomic E-state index is 0.0596. The highest BCUT2D eigenvalue weighted by atomic mass is 35.5. The van der Waals surface area contributed by atoms with E-state index in [9.17, 15) is 4.79 Å². The zero-order valence-electron chi connectivity index (χ0n) is 19.7. The average Bonchev–Trinajstić information content (AvgIpc) is 3.14. The van der Waals surface area contributed by atoms with E-state index in [-0.39, 0.29) is 11.2 Å². The number of hydrogen-bond acceptors (Lipinski definition) is 5. The summed E-state index contributed by atoms with van der Waals surface area (Å²) in [5, 5.41) is 10.0. The zero-order valence-corrected chi connectivity index (χ0v) is 21.3. The lowest BCUT2D eigenvalue weighted by Crippen LogP contribution is -2.22. The number of Topliss-reactive ketones (excluding diaryl/α,β-unsaturated/α-hetero) is 1. The number of benzene rings is 2. The summed E-state index contributed by atoms with van der Waals surface area (Å²) in [5.41, 5.74) is 2.63. The van der Waals surface area contributed by atoms with Gasteiger partial charge in [-0.3, -0.25) is 9.36 Å². The fourth-order valence-corrected chi connectivity index (χ4v) is 4.41. The van der Waals surface area contributed by atoms with Crippen molar-refractivity contribution in [3.05, 3.63) is 53.1 Å². The summed E-state index contributed by atoms with van der Waals surface area (Å²) < 4.78 is 7.24. The highest BCUT2D eigenvalue weighted by Crippen LogP contribution is 2.34. The molecule has 0 amide bonds. The van der Waals surface area contributed by atoms with Crippen molar-refractivity contribution in [2.24, 2.45) is 5.41 Å². The molecule has 0 atom stereocenters. The minimum Gasteiger partial charge on any atom is -0.495 e. The first kappa shape index (κ1) is 24.3. The fraction of sp³-hybridized carbons (Fsp3) is 0.400. The molecule has 3 aromatic rings. The van der Waals surface area contributed by atoms with Crippen LogP contribution in [0.1, 0.15) is 47.1 Å². The molecule has 0 aliphatic carbocycles. The van der Waals surface area contributed by atoms with Crippen LogP contribution in [0, 0.1) is 5.41 Å². The van der Waals surface area contributed by atoms with Gasteiger partial charge in [-0.1, -0.05) is 89.2 Å². The number of hydrogen-bond donors (Lipinski definition) is 0. The number of carbonyl (C=O) groups excluding carboxylic acids is 1. The summed E-state index contributed by atoms with van der Waals surface area (Å²) in [6.45, 7) is 12.3. The molecule has 2 aromatic carbocycles. The van der Waals surface area contributed by atoms with Gasteiger partial charge in [0.1, 0.15) is 11.5 Å². The van der Waals surface area contributed by atoms with E-state index in [1.54, 1.807) is 7.11 Å². The van der Waals surface area contributed by atoms with Crippen LogP contribution in [-0.4, -0.2) is 33.4 Å². The van der Waals surface area contributed by atoms with Crippen molar-refractivity contribution in [1.29, 1.82) is 0 Å². The summed E-state index contributed by atoms with van der Waals surface area (Å²) in [6, 6.07) is 13.9. The maximum atomic E-state index is 12.5. The van der Waals surface area contributed by atoms with Crippen molar-refractivity contribution in [2.75, 3.05) is 12.9 Å². The van der Waals surface area contributed by atoms with E-state index in [1.807, 2.05) is 43.5 Å². The molecule has 7 heteroatoms. The molecule has 0 N–H and O–H groups in total. The Morgan fingerprint density at radius 1 is 1.03 bits per heavy atom. The maximum absolute atomic E-state index is 12.5. The van der Waals surface area contributed by atoms with Crippen molar-refractivity contribution in [3.63, 3.8) is 0 Å². The Labute approximate surface area is 199 Å². The van der Waals surface area contributed by atoms with E-state index in [0.717, 1.165) is 11.3 Å². The minimum atomic E-state index is -0.410. The van der Waals surface area contributed by atoms with E-state index in [0.29, 0.717) is 27.5 Å². The molecule has 1 heterocycles. The van der Waals surface area contributed by atoms with Gasteiger partial charge in [-0.05, 0) is 29.2 Å². The first-order valence-corrected chi connectivity index (χ1v) is 11.8. The second-order valence-corrected chi connectivity index (χ2v) is 11.1. The van der Waals surface area contributed by atoms with Crippen LogP contribution in [0.3, 0.4) is 0 Å². The Bertz CT molecular complexity index is 1110. The second-order valence-electron chi connectivity index (χ2n) is 9.75. The van der Waals surface area contributed by atoms with Crippen molar-refractivity contribution < 1.29 is 9.53 Å². The first-order valence-electron chi connectivity index (χ1n) is 10.5. The van der Waals surface area contributed by atoms with Crippen LogP contribution in [0.2, 0.25) is 5.02 Å². The Hall–Kier alpha value is -2.31. The van der Waals surface area contributed by atoms with Crippen LogP contribution in [0.4, 0.5) is 0 Å². The topological polar surface area (TPSA) is 57.0 Å². The van der Waals surface area contributed by atoms with Gasteiger partial charge in [0, 0.05) is 11.0 Å². The molecule has 0 unspecified atom stereocenters. The maximum Gasteiger partial charge on any atom is 0.196 e. The molecule has 170 valence electrons. The van der Waals surface area contributed by atoms with Gasteiger partial charge in [0.25, 0.3) is 0 Å². The molecule has 0 aliphatic heterocycles. The molecule has 0 bridgehead atoms. The molecule has 0 fully saturated rings. The normalized spacial score (nSPS) is 12.1. The van der Waals surface area contributed by atoms with Crippen LogP contribution in [-0.2, 0) is 10.2 Å². The third-order valence-corrected chi connectivity index (χ3v) is 6.43. The van der Waals surface area contributed by atoms with Crippen LogP contribution in [0.25, 0.3) is 17.1 Å². The number of ketones is 1. The number of halogens is 1. The first-order chi connectivity index (χ1) is 14.9. The Kier molecular flexibility index (Phi) is 7.06. The van der Waals surface area contributed by atoms with Gasteiger partial charge in [-0.25, -0.2) is 0 Å². The van der Waals surface area contributed by atoms with Gasteiger partial charge >= 0.3 is 0 Å². The van der Waals surface area contributed by atoms with Gasteiger partial charge in [-0.15, -0.1) is 10.2 Å². The molecule has 0 spiro atoms. The van der Waals surface area contributed by atoms with E-state index >= 15 is 0 Å². The fourth-order valence-electron chi connectivity index (χ4n) is 3.04. The highest BCUT2D eigenvalue weighted by Gasteiger charge is 2.24. The predicted molar refractivity (Wildman–Crippen MR) is 132 cm³/mol. The molecule has 3 rings (SSSR count). The van der Waals surface area contributed by atoms with Crippen molar-refractivity contribution >= 4 is 29.1 Å². The third kappa shape index (κ3) is 5.36. The Balaban J connectivity index is 2.07. The van der Waals surface area contributed by atoms with E-state index < -0.39 is 5.41 Å². The predicted octanol–water partition coefficient (Wildman–Crippen LogP) is 6.60. The van der Waals surface area contributed by atoms with E-state index in [2.05, 4.69) is 55.2 Å². The van der Waals surface area contributed by atoms with Gasteiger partial charge in [-0.2, -0.15) is 0 Å². The lowest BCUT2D eigenvalue weighted by Gasteiger charge is -2.19. The van der Waals surface area contributed by atoms with Crippen LogP contribution >= 0.6 is 23.4 Å². The van der Waals surface area contributed by atoms with Crippen molar-refractivity contribution in [2.45, 2.75) is 52.1 Å². The smallest absolute Gasteiger partial charge is 0.196 e. The SMILES string of the molecule is COc1ccc(-n2c(SCC(=O)C(C)(C)C)nnc2-c2ccc(C(C)(C)C)cc2)cc1Cl. The Morgan fingerprint density at radius 3 is 2.22 bits per heavy atom. The summed E-state index contributed by atoms with van der Waals surface area (Å²) in [4.78, 5) is 12.5. The van der Waals surface area contributed by atoms with Gasteiger partial charge in [0.2, 0.25) is 0 Å². The van der Waals surface area contributed by atoms with Gasteiger partial charge in [0.15, 0.2) is 11.0 Å². The molecule has 5 nitrogen and oxygen atoms in total. The number of nitrogens with zero attached hydrogens (tertiary/aromatic N) is 3. The molecular weight excluding hydrogens is 442 g/mol. The molecule has 0 saturated heterocycles. The lowest BCUT2D eigenvalue weighted by atomic mass is 9.87. The van der Waals surface area contributed by atoms with Crippen molar-refractivity contribution in [3.8, 4) is 22.8 Å². The highest BCUT2D eigenvalue weighted by molar-refractivity contribution is 7.99. The molecule has 0 radical (unpaired) electrons. The average molecular weight is 472 g/mol. The third-order valence-electron chi connectivity index (χ3n) is 5.20. The van der Waals surface area contributed by atoms with E-state index in [4.69, 9.17) is 16.3 Å². The summed E-state index contributed by atoms with van der Waals surface area (Å²) in [7, 11) is 1.58. The molecule has 0 aliphatic rings. The molecular formula is C25H30ClN3O2S. The number of thioether (sulfide) groups is 1. The second kappa shape index (κ2) is 9.28. The number of aromatic nitrogens is 3. The Morgan fingerprint density at radius 2 is 1.69 bits per heavy atom. The van der Waals surface area contributed by atoms with Crippen LogP contribution in [0.15, 0.2) is 47.6 Å². The monoisotopic (exact) mass is 471 g/mol. The molecule has 1 aromatic heterocycles. The summed E-state index contributed by atoms with van der Waals surface area (Å²) in [5.74, 6) is 1.75. The standard InChI is InChI=1S/C25H30ClN3O2S/c1-24(2,3)17-10-8-16(9-11-17)22-27-28-23(32-15-21(30)25(4,5)6)29(22)18-12-13-20(31-7)19(26)14-18/h8-14H,15H2,1-7H3. The quantitative estimate of drug-likeness (QED) is 0.379.